The Kier molecular flexibility index (Phi) is 6.89. The van der Waals surface area contributed by atoms with E-state index in [0.717, 1.165) is 11.6 Å². The molecule has 0 aliphatic carbocycles. The molecular formula is C17H14ClF2N2O5-. The average molecular weight is 400 g/mol. The predicted molar refractivity (Wildman–Crippen MR) is 93.3 cm³/mol. The number of nitrogens with zero attached hydrogens (tertiary/aromatic N) is 2. The van der Waals surface area contributed by atoms with Gasteiger partial charge in [-0.1, -0.05) is 17.7 Å². The van der Waals surface area contributed by atoms with Gasteiger partial charge in [-0.25, -0.2) is 0 Å². The number of nitro groups is 1. The zero-order chi connectivity index (χ0) is 20.0. The molecule has 2 aromatic rings. The molecule has 0 radical (unpaired) electrons. The number of halogens is 3. The maximum Gasteiger partial charge on any atom is 0.387 e. The van der Waals surface area contributed by atoms with Crippen LogP contribution in [0.25, 0.3) is 0 Å². The van der Waals surface area contributed by atoms with E-state index in [1.54, 1.807) is 6.07 Å². The first-order valence-corrected chi connectivity index (χ1v) is 7.96. The third-order valence-corrected chi connectivity index (χ3v) is 3.68. The molecule has 0 saturated carbocycles. The summed E-state index contributed by atoms with van der Waals surface area (Å²) in [5, 5.41) is 22.8. The standard InChI is InChI=1S/C17H15ClF2N2O5/c1-26-15-6-10(2-3-14(15)27-17(19)20)4-5-21-9-11-7-12(18)8-13(16(11)23)22(24)25/h2-3,6-9,17,23H,4-5H2,1H3/p-1. The van der Waals surface area contributed by atoms with Crippen LogP contribution in [0.1, 0.15) is 11.1 Å². The van der Waals surface area contributed by atoms with Gasteiger partial charge in [0.1, 0.15) is 0 Å². The van der Waals surface area contributed by atoms with E-state index in [2.05, 4.69) is 9.73 Å². The highest BCUT2D eigenvalue weighted by molar-refractivity contribution is 6.31. The molecule has 2 rings (SSSR count). The Bertz CT molecular complexity index is 861. The molecule has 0 amide bonds. The molecule has 0 aromatic heterocycles. The number of nitro benzene ring substituents is 1. The number of benzene rings is 2. The third kappa shape index (κ3) is 5.52. The molecule has 0 heterocycles. The number of methoxy groups -OCH3 is 1. The minimum atomic E-state index is -2.96. The summed E-state index contributed by atoms with van der Waals surface area (Å²) < 4.78 is 34.0. The first kappa shape index (κ1) is 20.4. The lowest BCUT2D eigenvalue weighted by molar-refractivity contribution is -0.398. The van der Waals surface area contributed by atoms with Gasteiger partial charge in [0.15, 0.2) is 11.5 Å². The van der Waals surface area contributed by atoms with Gasteiger partial charge in [-0.2, -0.15) is 8.78 Å². The van der Waals surface area contributed by atoms with E-state index in [0.29, 0.717) is 6.42 Å². The fourth-order valence-corrected chi connectivity index (χ4v) is 2.47. The van der Waals surface area contributed by atoms with Crippen LogP contribution in [0, 0.1) is 10.1 Å². The normalized spacial score (nSPS) is 11.1. The quantitative estimate of drug-likeness (QED) is 0.384. The van der Waals surface area contributed by atoms with Gasteiger partial charge in [0.25, 0.3) is 5.69 Å². The molecule has 0 spiro atoms. The SMILES string of the molecule is COc1cc(CCN=Cc2cc(Cl)cc([N+](=O)[O-])c2[O-])ccc1OC(F)F. The number of rotatable bonds is 8. The van der Waals surface area contributed by atoms with Crippen LogP contribution in [0.5, 0.6) is 17.2 Å². The van der Waals surface area contributed by atoms with Crippen LogP contribution in [0.3, 0.4) is 0 Å². The van der Waals surface area contributed by atoms with Crippen molar-refractivity contribution in [1.82, 2.24) is 0 Å². The summed E-state index contributed by atoms with van der Waals surface area (Å²) in [6, 6.07) is 6.76. The number of ether oxygens (including phenoxy) is 2. The van der Waals surface area contributed by atoms with Crippen molar-refractivity contribution in [2.75, 3.05) is 13.7 Å². The summed E-state index contributed by atoms with van der Waals surface area (Å²) in [7, 11) is 1.33. The topological polar surface area (TPSA) is 97.0 Å². The van der Waals surface area contributed by atoms with Crippen LogP contribution < -0.4 is 14.6 Å². The van der Waals surface area contributed by atoms with E-state index in [-0.39, 0.29) is 28.6 Å². The summed E-state index contributed by atoms with van der Waals surface area (Å²) >= 11 is 5.77. The van der Waals surface area contributed by atoms with Gasteiger partial charge in [0.05, 0.1) is 12.0 Å². The van der Waals surface area contributed by atoms with Gasteiger partial charge in [0.2, 0.25) is 0 Å². The van der Waals surface area contributed by atoms with Crippen LogP contribution in [0.15, 0.2) is 35.3 Å². The van der Waals surface area contributed by atoms with E-state index >= 15 is 0 Å². The monoisotopic (exact) mass is 399 g/mol. The van der Waals surface area contributed by atoms with Crippen LogP contribution in [-0.2, 0) is 6.42 Å². The molecule has 27 heavy (non-hydrogen) atoms. The zero-order valence-electron chi connectivity index (χ0n) is 14.0. The lowest BCUT2D eigenvalue weighted by Gasteiger charge is -2.11. The van der Waals surface area contributed by atoms with Crippen molar-refractivity contribution < 1.29 is 28.3 Å². The Balaban J connectivity index is 2.07. The van der Waals surface area contributed by atoms with E-state index < -0.39 is 23.0 Å². The second kappa shape index (κ2) is 9.13. The van der Waals surface area contributed by atoms with Crippen molar-refractivity contribution in [2.45, 2.75) is 13.0 Å². The number of alkyl halides is 2. The molecule has 0 N–H and O–H groups in total. The smallest absolute Gasteiger partial charge is 0.387 e. The summed E-state index contributed by atoms with van der Waals surface area (Å²) in [4.78, 5) is 14.1. The molecule has 0 bridgehead atoms. The van der Waals surface area contributed by atoms with E-state index in [1.807, 2.05) is 0 Å². The maximum absolute atomic E-state index is 12.3. The minimum absolute atomic E-state index is 0.00691. The van der Waals surface area contributed by atoms with Gasteiger partial charge in [-0.15, -0.1) is 0 Å². The average Bonchev–Trinajstić information content (AvgIpc) is 2.61. The molecule has 0 aliphatic rings. The molecule has 0 aliphatic heterocycles. The van der Waals surface area contributed by atoms with Gasteiger partial charge in [0, 0.05) is 23.8 Å². The molecule has 0 saturated heterocycles. The largest absolute Gasteiger partial charge is 0.867 e. The highest BCUT2D eigenvalue weighted by Gasteiger charge is 2.12. The van der Waals surface area contributed by atoms with Gasteiger partial charge in [-0.3, -0.25) is 15.1 Å². The first-order chi connectivity index (χ1) is 12.8. The number of hydrogen-bond donors (Lipinski definition) is 0. The van der Waals surface area contributed by atoms with Crippen molar-refractivity contribution in [3.8, 4) is 17.2 Å². The van der Waals surface area contributed by atoms with Crippen LogP contribution in [0.4, 0.5) is 14.5 Å². The van der Waals surface area contributed by atoms with Gasteiger partial charge in [-0.05, 0) is 41.5 Å². The van der Waals surface area contributed by atoms with E-state index in [9.17, 15) is 24.0 Å². The fraction of sp³-hybridized carbons (Fsp3) is 0.235. The minimum Gasteiger partial charge on any atom is -0.867 e. The van der Waals surface area contributed by atoms with E-state index in [4.69, 9.17) is 16.3 Å². The summed E-state index contributed by atoms with van der Waals surface area (Å²) in [5.41, 5.74) is 0.126. The molecule has 0 atom stereocenters. The van der Waals surface area contributed by atoms with Gasteiger partial charge < -0.3 is 14.6 Å². The first-order valence-electron chi connectivity index (χ1n) is 7.58. The molecule has 10 heteroatoms. The molecule has 7 nitrogen and oxygen atoms in total. The number of hydrogen-bond acceptors (Lipinski definition) is 6. The predicted octanol–water partition coefficient (Wildman–Crippen LogP) is 3.59. The molecule has 2 aromatic carbocycles. The van der Waals surface area contributed by atoms with Crippen LogP contribution in [0.2, 0.25) is 5.02 Å². The summed E-state index contributed by atoms with van der Waals surface area (Å²) in [6.45, 7) is -2.71. The summed E-state index contributed by atoms with van der Waals surface area (Å²) in [6.07, 6.45) is 1.63. The molecule has 0 unspecified atom stereocenters. The Morgan fingerprint density at radius 1 is 1.30 bits per heavy atom. The molecule has 144 valence electrons. The second-order valence-corrected chi connectivity index (χ2v) is 5.69. The lowest BCUT2D eigenvalue weighted by atomic mass is 10.1. The van der Waals surface area contributed by atoms with Crippen molar-refractivity contribution in [3.63, 3.8) is 0 Å². The van der Waals surface area contributed by atoms with Crippen LogP contribution in [-0.4, -0.2) is 31.4 Å². The summed E-state index contributed by atoms with van der Waals surface area (Å²) in [5.74, 6) is -0.700. The third-order valence-electron chi connectivity index (χ3n) is 3.46. The van der Waals surface area contributed by atoms with Crippen molar-refractivity contribution in [1.29, 1.82) is 0 Å². The second-order valence-electron chi connectivity index (χ2n) is 5.25. The van der Waals surface area contributed by atoms with E-state index in [1.165, 1.54) is 31.5 Å². The Hall–Kier alpha value is -2.94. The maximum atomic E-state index is 12.3. The van der Waals surface area contributed by atoms with Crippen molar-refractivity contribution in [3.05, 3.63) is 56.6 Å². The fourth-order valence-electron chi connectivity index (χ4n) is 2.25. The highest BCUT2D eigenvalue weighted by Crippen LogP contribution is 2.31. The van der Waals surface area contributed by atoms with Gasteiger partial charge >= 0.3 is 6.61 Å². The molecule has 0 fully saturated rings. The molecular weight excluding hydrogens is 386 g/mol. The highest BCUT2D eigenvalue weighted by atomic mass is 35.5. The Morgan fingerprint density at radius 2 is 2.04 bits per heavy atom. The Morgan fingerprint density at radius 3 is 2.67 bits per heavy atom. The lowest BCUT2D eigenvalue weighted by Crippen LogP contribution is -2.04. The van der Waals surface area contributed by atoms with Crippen LogP contribution >= 0.6 is 11.6 Å². The zero-order valence-corrected chi connectivity index (χ0v) is 14.8. The van der Waals surface area contributed by atoms with Crippen molar-refractivity contribution in [2.24, 2.45) is 4.99 Å². The number of aliphatic imine (C=N–C) groups is 1. The Labute approximate surface area is 158 Å². The van der Waals surface area contributed by atoms with Crippen molar-refractivity contribution >= 4 is 23.5 Å².